The molecule has 5 rings (SSSR count). The van der Waals surface area contributed by atoms with Crippen molar-refractivity contribution in [2.75, 3.05) is 26.4 Å². The van der Waals surface area contributed by atoms with Crippen LogP contribution in [0.1, 0.15) is 75.1 Å². The molecule has 0 spiro atoms. The molecular weight excluding hydrogens is 477 g/mol. The van der Waals surface area contributed by atoms with Crippen molar-refractivity contribution >= 4 is 11.7 Å². The van der Waals surface area contributed by atoms with Gasteiger partial charge in [0.05, 0.1) is 42.6 Å². The summed E-state index contributed by atoms with van der Waals surface area (Å²) in [5.41, 5.74) is 4.16. The van der Waals surface area contributed by atoms with Crippen LogP contribution in [0.2, 0.25) is 0 Å². The molecule has 3 aliphatic heterocycles. The van der Waals surface area contributed by atoms with Gasteiger partial charge < -0.3 is 24.6 Å². The molecule has 0 bridgehead atoms. The van der Waals surface area contributed by atoms with Crippen LogP contribution in [0.4, 0.5) is 4.39 Å². The maximum Gasteiger partial charge on any atom is 0.255 e. The van der Waals surface area contributed by atoms with Crippen LogP contribution in [-0.4, -0.2) is 61.5 Å². The van der Waals surface area contributed by atoms with Gasteiger partial charge in [-0.15, -0.1) is 0 Å². The summed E-state index contributed by atoms with van der Waals surface area (Å²) in [7, 11) is 0. The zero-order valence-corrected chi connectivity index (χ0v) is 21.2. The van der Waals surface area contributed by atoms with Gasteiger partial charge in [0.15, 0.2) is 5.78 Å². The summed E-state index contributed by atoms with van der Waals surface area (Å²) in [6, 6.07) is 6.18. The molecule has 0 unspecified atom stereocenters. The summed E-state index contributed by atoms with van der Waals surface area (Å²) in [5, 5.41) is 13.1. The van der Waals surface area contributed by atoms with Crippen LogP contribution in [0.15, 0.2) is 24.3 Å². The van der Waals surface area contributed by atoms with Crippen LogP contribution in [-0.2, 0) is 22.3 Å². The fourth-order valence-electron chi connectivity index (χ4n) is 5.50. The van der Waals surface area contributed by atoms with Crippen LogP contribution in [0.25, 0.3) is 0 Å². The first kappa shape index (κ1) is 25.8. The maximum atomic E-state index is 15.0. The van der Waals surface area contributed by atoms with Gasteiger partial charge in [-0.2, -0.15) is 0 Å². The average molecular weight is 512 g/mol. The first-order chi connectivity index (χ1) is 17.9. The van der Waals surface area contributed by atoms with Crippen LogP contribution in [0.5, 0.6) is 5.75 Å². The van der Waals surface area contributed by atoms with E-state index < -0.39 is 11.9 Å². The van der Waals surface area contributed by atoms with Crippen LogP contribution in [0, 0.1) is 12.7 Å². The van der Waals surface area contributed by atoms with E-state index in [9.17, 15) is 19.1 Å². The molecule has 0 aliphatic carbocycles. The Morgan fingerprint density at radius 2 is 2.00 bits per heavy atom. The quantitative estimate of drug-likeness (QED) is 0.525. The van der Waals surface area contributed by atoms with Gasteiger partial charge in [0.1, 0.15) is 11.6 Å². The molecule has 0 aromatic heterocycles. The van der Waals surface area contributed by atoms with Crippen molar-refractivity contribution in [3.8, 4) is 5.75 Å². The number of Topliss-reactive ketones (excluding diaryl/α,β-unsaturated/α-hetero) is 1. The van der Waals surface area contributed by atoms with Gasteiger partial charge in [-0.25, -0.2) is 4.39 Å². The number of hydrogen-bond donors (Lipinski definition) is 2. The fraction of sp³-hybridized carbons (Fsp3) is 0.517. The van der Waals surface area contributed by atoms with Gasteiger partial charge in [-0.1, -0.05) is 6.07 Å². The van der Waals surface area contributed by atoms with Crippen molar-refractivity contribution < 1.29 is 33.3 Å². The van der Waals surface area contributed by atoms with Gasteiger partial charge in [0, 0.05) is 31.6 Å². The predicted molar refractivity (Wildman–Crippen MR) is 135 cm³/mol. The first-order valence-electron chi connectivity index (χ1n) is 13.2. The highest BCUT2D eigenvalue weighted by Gasteiger charge is 2.30. The summed E-state index contributed by atoms with van der Waals surface area (Å²) < 4.78 is 31.6. The number of aliphatic hydroxyl groups excluding tert-OH is 1. The number of rotatable bonds is 8. The summed E-state index contributed by atoms with van der Waals surface area (Å²) in [5.74, 6) is -0.453. The Hall–Kier alpha value is -2.81. The standard InChI is InChI=1S/C29H34FNO6/c1-17-19(13-18-4-6-22(24(30)14-18)26(32)7-5-20-3-2-10-36-20)15-23(28-21(17)8-12-37-28)29(34)31-25-9-11-35-16-27(25)33/h4,6,14-15,20,25,27,33H,2-3,5,7-13,16H2,1H3,(H,31,34)/t20-,25-,27-/m0/s1. The molecule has 2 fully saturated rings. The van der Waals surface area contributed by atoms with E-state index >= 15 is 0 Å². The summed E-state index contributed by atoms with van der Waals surface area (Å²) in [6.07, 6.45) is 3.84. The Morgan fingerprint density at radius 1 is 1.14 bits per heavy atom. The number of ether oxygens (including phenoxy) is 3. The number of amides is 1. The van der Waals surface area contributed by atoms with Gasteiger partial charge in [0.2, 0.25) is 0 Å². The highest BCUT2D eigenvalue weighted by Crippen LogP contribution is 2.36. The van der Waals surface area contributed by atoms with E-state index in [0.29, 0.717) is 50.2 Å². The number of halogens is 1. The van der Waals surface area contributed by atoms with E-state index in [4.69, 9.17) is 14.2 Å². The van der Waals surface area contributed by atoms with Crippen LogP contribution < -0.4 is 10.1 Å². The third kappa shape index (κ3) is 5.71. The number of carbonyl (C=O) groups excluding carboxylic acids is 2. The lowest BCUT2D eigenvalue weighted by atomic mass is 9.91. The van der Waals surface area contributed by atoms with Crippen LogP contribution >= 0.6 is 0 Å². The number of fused-ring (bicyclic) bond motifs is 1. The van der Waals surface area contributed by atoms with Gasteiger partial charge in [-0.05, 0) is 73.9 Å². The van der Waals surface area contributed by atoms with Crippen LogP contribution in [0.3, 0.4) is 0 Å². The molecule has 7 nitrogen and oxygen atoms in total. The second kappa shape index (κ2) is 11.3. The normalized spacial score (nSPS) is 22.9. The largest absolute Gasteiger partial charge is 0.492 e. The number of nitrogens with one attached hydrogen (secondary N) is 1. The Bertz CT molecular complexity index is 1180. The minimum atomic E-state index is -0.758. The number of hydrogen-bond acceptors (Lipinski definition) is 6. The van der Waals surface area contributed by atoms with Crippen molar-refractivity contribution in [3.05, 3.63) is 63.5 Å². The van der Waals surface area contributed by atoms with E-state index in [2.05, 4.69) is 5.32 Å². The van der Waals surface area contributed by atoms with E-state index in [1.807, 2.05) is 6.92 Å². The Labute approximate surface area is 216 Å². The topological polar surface area (TPSA) is 94.1 Å². The molecule has 2 saturated heterocycles. The number of ketones is 1. The van der Waals surface area contributed by atoms with E-state index in [1.54, 1.807) is 18.2 Å². The van der Waals surface area contributed by atoms with Crippen molar-refractivity contribution in [3.63, 3.8) is 0 Å². The molecule has 2 aromatic carbocycles. The zero-order chi connectivity index (χ0) is 25.9. The molecule has 3 atom stereocenters. The molecule has 1 amide bonds. The highest BCUT2D eigenvalue weighted by atomic mass is 19.1. The second-order valence-electron chi connectivity index (χ2n) is 10.2. The smallest absolute Gasteiger partial charge is 0.255 e. The number of benzene rings is 2. The summed E-state index contributed by atoms with van der Waals surface area (Å²) in [4.78, 5) is 25.8. The molecule has 2 N–H and O–H groups in total. The highest BCUT2D eigenvalue weighted by molar-refractivity contribution is 5.98. The molecule has 3 aliphatic rings. The van der Waals surface area contributed by atoms with E-state index in [0.717, 1.165) is 41.7 Å². The third-order valence-electron chi connectivity index (χ3n) is 7.70. The monoisotopic (exact) mass is 511 g/mol. The Kier molecular flexibility index (Phi) is 7.88. The van der Waals surface area contributed by atoms with Gasteiger partial charge >= 0.3 is 0 Å². The Balaban J connectivity index is 1.33. The lowest BCUT2D eigenvalue weighted by Gasteiger charge is -2.28. The van der Waals surface area contributed by atoms with Gasteiger partial charge in [-0.3, -0.25) is 9.59 Å². The lowest BCUT2D eigenvalue weighted by Crippen LogP contribution is -2.48. The maximum absolute atomic E-state index is 15.0. The summed E-state index contributed by atoms with van der Waals surface area (Å²) in [6.45, 7) is 3.89. The molecular formula is C29H34FNO6. The number of aliphatic hydroxyl groups is 1. The zero-order valence-electron chi connectivity index (χ0n) is 21.2. The van der Waals surface area contributed by atoms with Crippen molar-refractivity contribution in [2.45, 2.75) is 70.1 Å². The molecule has 2 aromatic rings. The predicted octanol–water partition coefficient (Wildman–Crippen LogP) is 3.68. The van der Waals surface area contributed by atoms with Crippen molar-refractivity contribution in [2.24, 2.45) is 0 Å². The fourth-order valence-corrected chi connectivity index (χ4v) is 5.50. The second-order valence-corrected chi connectivity index (χ2v) is 10.2. The summed E-state index contributed by atoms with van der Waals surface area (Å²) >= 11 is 0. The average Bonchev–Trinajstić information content (AvgIpc) is 3.58. The van der Waals surface area contributed by atoms with Crippen molar-refractivity contribution in [1.82, 2.24) is 5.32 Å². The number of carbonyl (C=O) groups is 2. The molecule has 3 heterocycles. The minimum absolute atomic E-state index is 0.0964. The SMILES string of the molecule is Cc1c(Cc2ccc(C(=O)CC[C@@H]3CCCO3)c(F)c2)cc(C(=O)N[C@H]2CCOC[C@@H]2O)c2c1CCO2. The molecule has 0 radical (unpaired) electrons. The van der Waals surface area contributed by atoms with E-state index in [-0.39, 0.29) is 42.4 Å². The van der Waals surface area contributed by atoms with E-state index in [1.165, 1.54) is 6.07 Å². The molecule has 0 saturated carbocycles. The van der Waals surface area contributed by atoms with Gasteiger partial charge in [0.25, 0.3) is 5.91 Å². The molecule has 198 valence electrons. The minimum Gasteiger partial charge on any atom is -0.492 e. The Morgan fingerprint density at radius 3 is 2.76 bits per heavy atom. The van der Waals surface area contributed by atoms with Crippen molar-refractivity contribution in [1.29, 1.82) is 0 Å². The first-order valence-corrected chi connectivity index (χ1v) is 13.2. The lowest BCUT2D eigenvalue weighted by molar-refractivity contribution is -0.0261. The molecule has 8 heteroatoms. The molecule has 37 heavy (non-hydrogen) atoms. The third-order valence-corrected chi connectivity index (χ3v) is 7.70.